The van der Waals surface area contributed by atoms with Gasteiger partial charge in [0.05, 0.1) is 0 Å². The van der Waals surface area contributed by atoms with Crippen LogP contribution in [0.5, 0.6) is 0 Å². The molecule has 2 N–H and O–H groups in total. The molecule has 20 heavy (non-hydrogen) atoms. The zero-order valence-corrected chi connectivity index (χ0v) is 13.3. The van der Waals surface area contributed by atoms with Crippen molar-refractivity contribution in [1.29, 1.82) is 0 Å². The monoisotopic (exact) mass is 303 g/mol. The lowest BCUT2D eigenvalue weighted by atomic mass is 10.0. The van der Waals surface area contributed by atoms with Gasteiger partial charge in [-0.25, -0.2) is 9.59 Å². The number of hydrogen-bond donors (Lipinski definition) is 2. The summed E-state index contributed by atoms with van der Waals surface area (Å²) in [5.74, 6) is -0.240. The van der Waals surface area contributed by atoms with E-state index in [9.17, 15) is 9.59 Å². The van der Waals surface area contributed by atoms with E-state index in [1.165, 1.54) is 0 Å². The Morgan fingerprint density at radius 2 is 2.00 bits per heavy atom. The van der Waals surface area contributed by atoms with Gasteiger partial charge < -0.3 is 20.2 Å². The fourth-order valence-electron chi connectivity index (χ4n) is 2.32. The van der Waals surface area contributed by atoms with E-state index in [0.717, 1.165) is 18.6 Å². The highest BCUT2D eigenvalue weighted by Gasteiger charge is 2.27. The zero-order valence-electron chi connectivity index (χ0n) is 12.5. The van der Waals surface area contributed by atoms with Crippen LogP contribution in [-0.2, 0) is 4.79 Å². The molecule has 0 aromatic rings. The van der Waals surface area contributed by atoms with E-state index in [0.29, 0.717) is 25.6 Å². The molecule has 7 heteroatoms. The Kier molecular flexibility index (Phi) is 7.15. The molecule has 0 bridgehead atoms. The van der Waals surface area contributed by atoms with E-state index in [-0.39, 0.29) is 6.03 Å². The first-order valence-electron chi connectivity index (χ1n) is 6.89. The summed E-state index contributed by atoms with van der Waals surface area (Å²) in [7, 11) is 4.09. The van der Waals surface area contributed by atoms with Gasteiger partial charge in [-0.1, -0.05) is 0 Å². The number of nitrogens with one attached hydrogen (secondary N) is 1. The van der Waals surface area contributed by atoms with Gasteiger partial charge in [-0.3, -0.25) is 0 Å². The third kappa shape index (κ3) is 5.20. The molecule has 0 aliphatic carbocycles. The Bertz CT molecular complexity index is 331. The Hall–Kier alpha value is -0.950. The second-order valence-electron chi connectivity index (χ2n) is 5.30. The fourth-order valence-corrected chi connectivity index (χ4v) is 2.79. The van der Waals surface area contributed by atoms with Crippen LogP contribution in [0.4, 0.5) is 4.79 Å². The van der Waals surface area contributed by atoms with Crippen LogP contribution in [0.2, 0.25) is 0 Å². The number of hydrogen-bond acceptors (Lipinski definition) is 4. The summed E-state index contributed by atoms with van der Waals surface area (Å²) < 4.78 is 0. The van der Waals surface area contributed by atoms with Crippen molar-refractivity contribution in [2.24, 2.45) is 0 Å². The van der Waals surface area contributed by atoms with Crippen LogP contribution in [0.3, 0.4) is 0 Å². The highest BCUT2D eigenvalue weighted by atomic mass is 32.2. The summed E-state index contributed by atoms with van der Waals surface area (Å²) >= 11 is 1.58. The average Bonchev–Trinajstić information content (AvgIpc) is 2.42. The first kappa shape index (κ1) is 17.1. The number of carbonyl (C=O) groups excluding carboxylic acids is 1. The van der Waals surface area contributed by atoms with E-state index in [1.807, 2.05) is 20.4 Å². The highest BCUT2D eigenvalue weighted by molar-refractivity contribution is 7.98. The van der Waals surface area contributed by atoms with Crippen LogP contribution < -0.4 is 5.32 Å². The third-order valence-electron chi connectivity index (χ3n) is 3.69. The highest BCUT2D eigenvalue weighted by Crippen LogP contribution is 2.14. The molecule has 1 saturated heterocycles. The summed E-state index contributed by atoms with van der Waals surface area (Å²) in [4.78, 5) is 27.1. The largest absolute Gasteiger partial charge is 0.480 e. The van der Waals surface area contributed by atoms with Crippen molar-refractivity contribution in [2.75, 3.05) is 39.2 Å². The van der Waals surface area contributed by atoms with Gasteiger partial charge in [-0.2, -0.15) is 11.8 Å². The quantitative estimate of drug-likeness (QED) is 0.763. The van der Waals surface area contributed by atoms with Gasteiger partial charge >= 0.3 is 12.0 Å². The van der Waals surface area contributed by atoms with Crippen LogP contribution in [-0.4, -0.2) is 78.2 Å². The summed E-state index contributed by atoms with van der Waals surface area (Å²) in [5, 5.41) is 11.7. The molecule has 1 aliphatic rings. The molecule has 0 aromatic carbocycles. The maximum atomic E-state index is 12.1. The van der Waals surface area contributed by atoms with Crippen LogP contribution >= 0.6 is 11.8 Å². The van der Waals surface area contributed by atoms with E-state index in [1.54, 1.807) is 16.7 Å². The third-order valence-corrected chi connectivity index (χ3v) is 4.33. The Labute approximate surface area is 124 Å². The van der Waals surface area contributed by atoms with E-state index in [4.69, 9.17) is 5.11 Å². The molecular formula is C13H25N3O3S. The van der Waals surface area contributed by atoms with Gasteiger partial charge in [0.1, 0.15) is 6.04 Å². The number of carboxylic acids is 1. The van der Waals surface area contributed by atoms with Gasteiger partial charge in [-0.15, -0.1) is 0 Å². The molecule has 116 valence electrons. The van der Waals surface area contributed by atoms with Crippen LogP contribution in [0, 0.1) is 0 Å². The van der Waals surface area contributed by atoms with E-state index >= 15 is 0 Å². The Morgan fingerprint density at radius 1 is 1.40 bits per heavy atom. The van der Waals surface area contributed by atoms with Crippen LogP contribution in [0.1, 0.15) is 19.3 Å². The molecule has 1 rings (SSSR count). The van der Waals surface area contributed by atoms with Crippen molar-refractivity contribution in [2.45, 2.75) is 31.3 Å². The maximum Gasteiger partial charge on any atom is 0.326 e. The predicted molar refractivity (Wildman–Crippen MR) is 81.2 cm³/mol. The lowest BCUT2D eigenvalue weighted by Crippen LogP contribution is -2.52. The van der Waals surface area contributed by atoms with Crippen molar-refractivity contribution in [1.82, 2.24) is 15.1 Å². The Balaban J connectivity index is 2.43. The van der Waals surface area contributed by atoms with Crippen molar-refractivity contribution in [3.05, 3.63) is 0 Å². The molecule has 0 radical (unpaired) electrons. The number of carboxylic acid groups (broad SMARTS) is 1. The molecule has 0 aromatic heterocycles. The number of carbonyl (C=O) groups is 2. The summed E-state index contributed by atoms with van der Waals surface area (Å²) in [6.45, 7) is 1.37. The fraction of sp³-hybridized carbons (Fsp3) is 0.846. The zero-order chi connectivity index (χ0) is 15.1. The lowest BCUT2D eigenvalue weighted by molar-refractivity contribution is -0.139. The lowest BCUT2D eigenvalue weighted by Gasteiger charge is -2.35. The van der Waals surface area contributed by atoms with Crippen molar-refractivity contribution < 1.29 is 14.7 Å². The van der Waals surface area contributed by atoms with Crippen LogP contribution in [0.25, 0.3) is 0 Å². The predicted octanol–water partition coefficient (Wildman–Crippen LogP) is 0.928. The SMILES string of the molecule is CSCC[C@@H](NC(=O)N1CCC(N(C)C)CC1)C(=O)O. The normalized spacial score (nSPS) is 18.1. The van der Waals surface area contributed by atoms with Crippen LogP contribution in [0.15, 0.2) is 0 Å². The molecule has 1 aliphatic heterocycles. The second kappa shape index (κ2) is 8.36. The molecule has 0 spiro atoms. The standard InChI is InChI=1S/C13H25N3O3S/c1-15(2)10-4-7-16(8-5-10)13(19)14-11(12(17)18)6-9-20-3/h10-11H,4-9H2,1-3H3,(H,14,19)(H,17,18)/t11-/m1/s1. The van der Waals surface area contributed by atoms with Gasteiger partial charge in [0.25, 0.3) is 0 Å². The molecular weight excluding hydrogens is 278 g/mol. The summed E-state index contributed by atoms with van der Waals surface area (Å²) in [5.41, 5.74) is 0. The molecule has 0 unspecified atom stereocenters. The topological polar surface area (TPSA) is 72.9 Å². The molecule has 1 heterocycles. The smallest absolute Gasteiger partial charge is 0.326 e. The van der Waals surface area contributed by atoms with Gasteiger partial charge in [-0.05, 0) is 45.4 Å². The summed E-state index contributed by atoms with van der Waals surface area (Å²) in [6, 6.07) is -0.539. The number of nitrogens with zero attached hydrogens (tertiary/aromatic N) is 2. The number of amides is 2. The number of piperidine rings is 1. The minimum atomic E-state index is -0.962. The number of thioether (sulfide) groups is 1. The number of aliphatic carboxylic acids is 1. The first-order chi connectivity index (χ1) is 9.45. The average molecular weight is 303 g/mol. The first-order valence-corrected chi connectivity index (χ1v) is 8.28. The second-order valence-corrected chi connectivity index (χ2v) is 6.29. The van der Waals surface area contributed by atoms with Gasteiger partial charge in [0, 0.05) is 19.1 Å². The van der Waals surface area contributed by atoms with Gasteiger partial charge in [0.15, 0.2) is 0 Å². The number of rotatable bonds is 6. The molecule has 2 amide bonds. The number of urea groups is 1. The molecule has 6 nitrogen and oxygen atoms in total. The number of likely N-dealkylation sites (tertiary alicyclic amines) is 1. The molecule has 1 atom stereocenters. The van der Waals surface area contributed by atoms with Crippen molar-refractivity contribution in [3.63, 3.8) is 0 Å². The van der Waals surface area contributed by atoms with E-state index in [2.05, 4.69) is 10.2 Å². The minimum Gasteiger partial charge on any atom is -0.480 e. The van der Waals surface area contributed by atoms with Crippen molar-refractivity contribution in [3.8, 4) is 0 Å². The Morgan fingerprint density at radius 3 is 2.45 bits per heavy atom. The summed E-state index contributed by atoms with van der Waals surface area (Å²) in [6.07, 6.45) is 4.25. The van der Waals surface area contributed by atoms with Gasteiger partial charge in [0.2, 0.25) is 0 Å². The molecule has 0 saturated carbocycles. The van der Waals surface area contributed by atoms with Crippen molar-refractivity contribution >= 4 is 23.8 Å². The minimum absolute atomic E-state index is 0.254. The van der Waals surface area contributed by atoms with E-state index < -0.39 is 12.0 Å². The molecule has 1 fully saturated rings. The maximum absolute atomic E-state index is 12.1.